The Morgan fingerprint density at radius 1 is 0.952 bits per heavy atom. The maximum absolute atomic E-state index is 12.8. The van der Waals surface area contributed by atoms with Crippen molar-refractivity contribution >= 4 is 13.4 Å². The largest absolute Gasteiger partial charge is 0.369 e. The zero-order chi connectivity index (χ0) is 15.3. The van der Waals surface area contributed by atoms with E-state index in [1.807, 2.05) is 0 Å². The molecule has 0 spiro atoms. The average Bonchev–Trinajstić information content (AvgIpc) is 2.47. The number of Topliss-reactive ketones (excluding diaryl/α,β-unsaturated/α-hetero) is 1. The van der Waals surface area contributed by atoms with Crippen molar-refractivity contribution in [1.82, 2.24) is 0 Å². The molecule has 0 heterocycles. The Balaban J connectivity index is 2.46. The molecular formula is C15H13O5P. The standard InChI is InChI=1S/C15H13O5P/c1-20-15(21(17,18)19)13-9-5-4-7-11(13)10-6-2-3-8-12(10)14(15)16/h2-9H,1H3,(H2,17,18,19). The summed E-state index contributed by atoms with van der Waals surface area (Å²) in [4.78, 5) is 32.4. The Bertz CT molecular complexity index is 779. The molecule has 0 amide bonds. The van der Waals surface area contributed by atoms with Crippen LogP contribution in [-0.2, 0) is 14.6 Å². The van der Waals surface area contributed by atoms with Gasteiger partial charge in [-0.15, -0.1) is 0 Å². The van der Waals surface area contributed by atoms with E-state index in [1.165, 1.54) is 6.07 Å². The molecule has 6 heteroatoms. The van der Waals surface area contributed by atoms with Crippen LogP contribution in [0, 0.1) is 0 Å². The molecule has 0 bridgehead atoms. The molecule has 2 N–H and O–H groups in total. The van der Waals surface area contributed by atoms with E-state index in [-0.39, 0.29) is 11.1 Å². The Morgan fingerprint density at radius 2 is 1.48 bits per heavy atom. The summed E-state index contributed by atoms with van der Waals surface area (Å²) in [5, 5.41) is -2.28. The third-order valence-corrected chi connectivity index (χ3v) is 5.21. The van der Waals surface area contributed by atoms with Gasteiger partial charge in [0.05, 0.1) is 0 Å². The third-order valence-electron chi connectivity index (χ3n) is 3.77. The number of ether oxygens (including phenoxy) is 1. The number of fused-ring (bicyclic) bond motifs is 3. The van der Waals surface area contributed by atoms with Crippen LogP contribution in [0.25, 0.3) is 11.1 Å². The van der Waals surface area contributed by atoms with Gasteiger partial charge in [0, 0.05) is 18.2 Å². The second kappa shape index (κ2) is 4.61. The van der Waals surface area contributed by atoms with Crippen molar-refractivity contribution in [2.45, 2.75) is 5.34 Å². The van der Waals surface area contributed by atoms with Crippen LogP contribution in [-0.4, -0.2) is 22.7 Å². The monoisotopic (exact) mass is 304 g/mol. The van der Waals surface area contributed by atoms with Crippen LogP contribution in [0.2, 0.25) is 0 Å². The molecule has 0 aromatic heterocycles. The minimum atomic E-state index is -4.89. The minimum absolute atomic E-state index is 0.199. The molecule has 1 unspecified atom stereocenters. The van der Waals surface area contributed by atoms with E-state index in [2.05, 4.69) is 0 Å². The fourth-order valence-electron chi connectivity index (χ4n) is 2.85. The molecule has 1 atom stereocenters. The fourth-order valence-corrected chi connectivity index (χ4v) is 3.98. The van der Waals surface area contributed by atoms with Crippen LogP contribution in [0.3, 0.4) is 0 Å². The maximum Gasteiger partial charge on any atom is 0.369 e. The lowest BCUT2D eigenvalue weighted by atomic mass is 9.82. The lowest BCUT2D eigenvalue weighted by Crippen LogP contribution is -2.40. The van der Waals surface area contributed by atoms with Crippen LogP contribution >= 0.6 is 7.60 Å². The number of hydrogen-bond donors (Lipinski definition) is 2. The van der Waals surface area contributed by atoms with Gasteiger partial charge in [0.1, 0.15) is 0 Å². The summed E-state index contributed by atoms with van der Waals surface area (Å²) < 4.78 is 17.2. The second-order valence-corrected chi connectivity index (χ2v) is 6.53. The fraction of sp³-hybridized carbons (Fsp3) is 0.133. The molecule has 1 aliphatic carbocycles. The van der Waals surface area contributed by atoms with Crippen molar-refractivity contribution < 1.29 is 23.9 Å². The first-order chi connectivity index (χ1) is 9.93. The quantitative estimate of drug-likeness (QED) is 0.833. The van der Waals surface area contributed by atoms with E-state index >= 15 is 0 Å². The van der Waals surface area contributed by atoms with Gasteiger partial charge in [-0.05, 0) is 11.1 Å². The number of methoxy groups -OCH3 is 1. The van der Waals surface area contributed by atoms with E-state index < -0.39 is 18.7 Å². The lowest BCUT2D eigenvalue weighted by molar-refractivity contribution is 0.0298. The number of rotatable bonds is 2. The van der Waals surface area contributed by atoms with Gasteiger partial charge in [0.15, 0.2) is 0 Å². The van der Waals surface area contributed by atoms with Crippen molar-refractivity contribution in [2.75, 3.05) is 7.11 Å². The zero-order valence-electron chi connectivity index (χ0n) is 11.2. The molecule has 2 aromatic carbocycles. The van der Waals surface area contributed by atoms with Gasteiger partial charge in [-0.3, -0.25) is 9.36 Å². The van der Waals surface area contributed by atoms with Crippen LogP contribution in [0.1, 0.15) is 15.9 Å². The van der Waals surface area contributed by atoms with Gasteiger partial charge in [0.2, 0.25) is 5.78 Å². The molecule has 1 aliphatic rings. The highest BCUT2D eigenvalue weighted by molar-refractivity contribution is 7.54. The van der Waals surface area contributed by atoms with Crippen molar-refractivity contribution in [2.24, 2.45) is 0 Å². The molecule has 0 fully saturated rings. The zero-order valence-corrected chi connectivity index (χ0v) is 12.1. The molecule has 0 saturated heterocycles. The van der Waals surface area contributed by atoms with Gasteiger partial charge in [0.25, 0.3) is 5.34 Å². The molecule has 21 heavy (non-hydrogen) atoms. The van der Waals surface area contributed by atoms with Gasteiger partial charge in [-0.25, -0.2) is 0 Å². The van der Waals surface area contributed by atoms with Crippen molar-refractivity contribution in [3.05, 3.63) is 59.7 Å². The normalized spacial score (nSPS) is 20.8. The highest BCUT2D eigenvalue weighted by atomic mass is 31.2. The van der Waals surface area contributed by atoms with Crippen LogP contribution in [0.4, 0.5) is 0 Å². The highest BCUT2D eigenvalue weighted by Gasteiger charge is 2.59. The molecule has 0 radical (unpaired) electrons. The lowest BCUT2D eigenvalue weighted by Gasteiger charge is -2.37. The van der Waals surface area contributed by atoms with Gasteiger partial charge in [-0.2, -0.15) is 0 Å². The molecule has 3 rings (SSSR count). The Labute approximate surface area is 121 Å². The summed E-state index contributed by atoms with van der Waals surface area (Å²) in [5.74, 6) is -0.715. The summed E-state index contributed by atoms with van der Waals surface area (Å²) in [6, 6.07) is 13.4. The number of carbonyl (C=O) groups excluding carboxylic acids is 1. The van der Waals surface area contributed by atoms with E-state index in [0.29, 0.717) is 11.1 Å². The van der Waals surface area contributed by atoms with Gasteiger partial charge in [-0.1, -0.05) is 48.5 Å². The third kappa shape index (κ3) is 1.76. The predicted molar refractivity (Wildman–Crippen MR) is 76.9 cm³/mol. The number of carbonyl (C=O) groups is 1. The summed E-state index contributed by atoms with van der Waals surface area (Å²) in [6.45, 7) is 0. The van der Waals surface area contributed by atoms with Crippen LogP contribution < -0.4 is 0 Å². The Kier molecular flexibility index (Phi) is 3.11. The van der Waals surface area contributed by atoms with Crippen LogP contribution in [0.15, 0.2) is 48.5 Å². The van der Waals surface area contributed by atoms with Crippen molar-refractivity contribution in [3.63, 3.8) is 0 Å². The molecule has 5 nitrogen and oxygen atoms in total. The molecule has 108 valence electrons. The van der Waals surface area contributed by atoms with Crippen LogP contribution in [0.5, 0.6) is 0 Å². The molecule has 0 aliphatic heterocycles. The summed E-state index contributed by atoms with van der Waals surface area (Å²) >= 11 is 0. The molecular weight excluding hydrogens is 291 g/mol. The second-order valence-electron chi connectivity index (χ2n) is 4.81. The number of benzene rings is 2. The van der Waals surface area contributed by atoms with Gasteiger partial charge >= 0.3 is 7.60 Å². The van der Waals surface area contributed by atoms with E-state index in [0.717, 1.165) is 7.11 Å². The van der Waals surface area contributed by atoms with E-state index in [4.69, 9.17) is 4.74 Å². The van der Waals surface area contributed by atoms with Crippen molar-refractivity contribution in [3.8, 4) is 11.1 Å². The first-order valence-corrected chi connectivity index (χ1v) is 7.89. The first kappa shape index (κ1) is 14.2. The Morgan fingerprint density at radius 3 is 2.05 bits per heavy atom. The SMILES string of the molecule is COC1(P(=O)(O)O)C(=O)c2ccccc2-c2ccccc21. The summed E-state index contributed by atoms with van der Waals surface area (Å²) in [6.07, 6.45) is 0. The van der Waals surface area contributed by atoms with E-state index in [1.54, 1.807) is 42.5 Å². The number of ketones is 1. The minimum Gasteiger partial charge on any atom is -0.355 e. The number of hydrogen-bond acceptors (Lipinski definition) is 3. The van der Waals surface area contributed by atoms with Gasteiger partial charge < -0.3 is 14.5 Å². The topological polar surface area (TPSA) is 83.8 Å². The summed E-state index contributed by atoms with van der Waals surface area (Å²) in [5.41, 5.74) is 1.70. The van der Waals surface area contributed by atoms with E-state index in [9.17, 15) is 19.1 Å². The van der Waals surface area contributed by atoms with Crippen molar-refractivity contribution in [1.29, 1.82) is 0 Å². The maximum atomic E-state index is 12.8. The smallest absolute Gasteiger partial charge is 0.355 e. The molecule has 2 aromatic rings. The Hall–Kier alpha value is -1.78. The average molecular weight is 304 g/mol. The summed E-state index contributed by atoms with van der Waals surface area (Å²) in [7, 11) is -3.75. The highest BCUT2D eigenvalue weighted by Crippen LogP contribution is 2.62. The predicted octanol–water partition coefficient (Wildman–Crippen LogP) is 2.53. The first-order valence-electron chi connectivity index (χ1n) is 6.28. The molecule has 0 saturated carbocycles.